The summed E-state index contributed by atoms with van der Waals surface area (Å²) in [6.45, 7) is 2.11. The monoisotopic (exact) mass is 215 g/mol. The van der Waals surface area contributed by atoms with Crippen LogP contribution in [-0.4, -0.2) is 49.7 Å². The number of hydrogen-bond donors (Lipinski definition) is 2. The van der Waals surface area contributed by atoms with Gasteiger partial charge in [0, 0.05) is 32.2 Å². The van der Waals surface area contributed by atoms with Gasteiger partial charge in [-0.25, -0.2) is 0 Å². The first-order valence-corrected chi connectivity index (χ1v) is 5.30. The maximum atomic E-state index is 9.55. The number of aliphatic hydroxyl groups excluding tert-OH is 2. The summed E-state index contributed by atoms with van der Waals surface area (Å²) in [5.41, 5.74) is 0.931. The molecule has 1 aliphatic heterocycles. The van der Waals surface area contributed by atoms with Crippen LogP contribution in [0.1, 0.15) is 5.69 Å². The highest BCUT2D eigenvalue weighted by Crippen LogP contribution is 2.18. The van der Waals surface area contributed by atoms with E-state index in [0.29, 0.717) is 13.1 Å². The van der Waals surface area contributed by atoms with Crippen LogP contribution in [0.3, 0.4) is 0 Å². The zero-order valence-corrected chi connectivity index (χ0v) is 8.52. The van der Waals surface area contributed by atoms with Crippen LogP contribution in [0.4, 0.5) is 0 Å². The molecule has 1 aromatic rings. The molecule has 0 amide bonds. The third-order valence-corrected chi connectivity index (χ3v) is 3.03. The zero-order chi connectivity index (χ0) is 9.97. The Morgan fingerprint density at radius 1 is 1.57 bits per heavy atom. The van der Waals surface area contributed by atoms with Gasteiger partial charge in [0.25, 0.3) is 0 Å². The number of aliphatic hydroxyl groups is 2. The van der Waals surface area contributed by atoms with Crippen molar-refractivity contribution in [3.63, 3.8) is 0 Å². The van der Waals surface area contributed by atoms with Crippen LogP contribution < -0.4 is 0 Å². The number of aromatic nitrogens is 2. The highest BCUT2D eigenvalue weighted by atomic mass is 32.1. The van der Waals surface area contributed by atoms with E-state index in [9.17, 15) is 5.11 Å². The standard InChI is InChI=1S/C8H13N3O2S/c12-5-6-2-11(4-8(6)13)3-7-1-9-14-10-7/h1,6,8,12-13H,2-5H2. The first-order valence-electron chi connectivity index (χ1n) is 4.57. The van der Waals surface area contributed by atoms with Crippen LogP contribution in [-0.2, 0) is 6.54 Å². The van der Waals surface area contributed by atoms with Gasteiger partial charge >= 0.3 is 0 Å². The Labute approximate surface area is 86.3 Å². The Hall–Kier alpha value is -0.560. The summed E-state index contributed by atoms with van der Waals surface area (Å²) in [6, 6.07) is 0. The lowest BCUT2D eigenvalue weighted by Crippen LogP contribution is -2.21. The minimum atomic E-state index is -0.411. The molecule has 14 heavy (non-hydrogen) atoms. The molecule has 1 saturated heterocycles. The van der Waals surface area contributed by atoms with Gasteiger partial charge < -0.3 is 10.2 Å². The summed E-state index contributed by atoms with van der Waals surface area (Å²) in [5, 5.41) is 18.5. The summed E-state index contributed by atoms with van der Waals surface area (Å²) < 4.78 is 8.01. The first-order chi connectivity index (χ1) is 6.79. The van der Waals surface area contributed by atoms with Crippen molar-refractivity contribution in [2.45, 2.75) is 12.6 Å². The van der Waals surface area contributed by atoms with Crippen LogP contribution in [0, 0.1) is 5.92 Å². The van der Waals surface area contributed by atoms with Crippen molar-refractivity contribution in [2.24, 2.45) is 5.92 Å². The molecule has 0 saturated carbocycles. The van der Waals surface area contributed by atoms with Crippen molar-refractivity contribution in [3.05, 3.63) is 11.9 Å². The largest absolute Gasteiger partial charge is 0.396 e. The molecule has 0 spiro atoms. The van der Waals surface area contributed by atoms with Crippen LogP contribution in [0.25, 0.3) is 0 Å². The molecule has 1 fully saturated rings. The Morgan fingerprint density at radius 2 is 2.43 bits per heavy atom. The lowest BCUT2D eigenvalue weighted by atomic mass is 10.1. The van der Waals surface area contributed by atoms with Gasteiger partial charge in [-0.3, -0.25) is 4.90 Å². The number of β-amino-alcohol motifs (C(OH)–C–C–N with tert-alkyl or cyclic N) is 1. The molecular formula is C8H13N3O2S. The van der Waals surface area contributed by atoms with Crippen molar-refractivity contribution in [1.82, 2.24) is 13.6 Å². The summed E-state index contributed by atoms with van der Waals surface area (Å²) >= 11 is 1.19. The molecule has 1 aliphatic rings. The second-order valence-electron chi connectivity index (χ2n) is 3.60. The number of likely N-dealkylation sites (tertiary alicyclic amines) is 1. The molecular weight excluding hydrogens is 202 g/mol. The van der Waals surface area contributed by atoms with Crippen molar-refractivity contribution in [2.75, 3.05) is 19.7 Å². The van der Waals surface area contributed by atoms with E-state index in [2.05, 4.69) is 13.6 Å². The second-order valence-corrected chi connectivity index (χ2v) is 4.16. The lowest BCUT2D eigenvalue weighted by Gasteiger charge is -2.12. The average molecular weight is 215 g/mol. The van der Waals surface area contributed by atoms with E-state index < -0.39 is 6.10 Å². The normalized spacial score (nSPS) is 28.4. The zero-order valence-electron chi connectivity index (χ0n) is 7.70. The third-order valence-electron chi connectivity index (χ3n) is 2.51. The molecule has 5 nitrogen and oxygen atoms in total. The highest BCUT2D eigenvalue weighted by Gasteiger charge is 2.30. The molecule has 78 valence electrons. The smallest absolute Gasteiger partial charge is 0.0883 e. The fourth-order valence-electron chi connectivity index (χ4n) is 1.73. The second kappa shape index (κ2) is 4.31. The van der Waals surface area contributed by atoms with Crippen molar-refractivity contribution < 1.29 is 10.2 Å². The van der Waals surface area contributed by atoms with Crippen LogP contribution in [0.15, 0.2) is 6.20 Å². The van der Waals surface area contributed by atoms with Gasteiger partial charge in [0.15, 0.2) is 0 Å². The third kappa shape index (κ3) is 2.09. The van der Waals surface area contributed by atoms with Crippen molar-refractivity contribution >= 4 is 11.7 Å². The molecule has 2 unspecified atom stereocenters. The molecule has 2 N–H and O–H groups in total. The minimum Gasteiger partial charge on any atom is -0.396 e. The summed E-state index contributed by atoms with van der Waals surface area (Å²) in [6.07, 6.45) is 1.33. The SMILES string of the molecule is OCC1CN(Cc2cnsn2)CC1O. The van der Waals surface area contributed by atoms with Crippen LogP contribution in [0.5, 0.6) is 0 Å². The number of hydrogen-bond acceptors (Lipinski definition) is 6. The minimum absolute atomic E-state index is 0.0124. The Morgan fingerprint density at radius 3 is 3.00 bits per heavy atom. The topological polar surface area (TPSA) is 69.5 Å². The van der Waals surface area contributed by atoms with E-state index >= 15 is 0 Å². The molecule has 0 bridgehead atoms. The predicted molar refractivity (Wildman–Crippen MR) is 51.8 cm³/mol. The van der Waals surface area contributed by atoms with E-state index in [1.807, 2.05) is 0 Å². The fourth-order valence-corrected chi connectivity index (χ4v) is 2.16. The molecule has 0 aliphatic carbocycles. The maximum absolute atomic E-state index is 9.55. The van der Waals surface area contributed by atoms with E-state index in [1.54, 1.807) is 6.20 Å². The van der Waals surface area contributed by atoms with Gasteiger partial charge in [-0.2, -0.15) is 8.75 Å². The molecule has 0 radical (unpaired) electrons. The van der Waals surface area contributed by atoms with Gasteiger partial charge in [0.05, 0.1) is 29.7 Å². The van der Waals surface area contributed by atoms with Gasteiger partial charge in [-0.1, -0.05) is 0 Å². The van der Waals surface area contributed by atoms with Crippen LogP contribution >= 0.6 is 11.7 Å². The molecule has 2 rings (SSSR count). The van der Waals surface area contributed by atoms with Crippen molar-refractivity contribution in [3.8, 4) is 0 Å². The summed E-state index contributed by atoms with van der Waals surface area (Å²) in [5.74, 6) is -0.0124. The Bertz CT molecular complexity index is 280. The highest BCUT2D eigenvalue weighted by molar-refractivity contribution is 6.99. The van der Waals surface area contributed by atoms with Gasteiger partial charge in [-0.05, 0) is 0 Å². The van der Waals surface area contributed by atoms with E-state index in [1.165, 1.54) is 11.7 Å². The van der Waals surface area contributed by atoms with E-state index in [-0.39, 0.29) is 12.5 Å². The lowest BCUT2D eigenvalue weighted by molar-refractivity contribution is 0.103. The number of rotatable bonds is 3. The molecule has 1 aromatic heterocycles. The molecule has 0 aromatic carbocycles. The Kier molecular flexibility index (Phi) is 3.07. The Balaban J connectivity index is 1.89. The summed E-state index contributed by atoms with van der Waals surface area (Å²) in [7, 11) is 0. The summed E-state index contributed by atoms with van der Waals surface area (Å²) in [4.78, 5) is 2.09. The van der Waals surface area contributed by atoms with Gasteiger partial charge in [-0.15, -0.1) is 0 Å². The average Bonchev–Trinajstić information content (AvgIpc) is 2.76. The van der Waals surface area contributed by atoms with Gasteiger partial charge in [0.1, 0.15) is 0 Å². The molecule has 6 heteroatoms. The van der Waals surface area contributed by atoms with Crippen molar-refractivity contribution in [1.29, 1.82) is 0 Å². The quantitative estimate of drug-likeness (QED) is 0.699. The van der Waals surface area contributed by atoms with Gasteiger partial charge in [0.2, 0.25) is 0 Å². The van der Waals surface area contributed by atoms with E-state index in [4.69, 9.17) is 5.11 Å². The predicted octanol–water partition coefficient (Wildman–Crippen LogP) is -0.677. The molecule has 2 atom stereocenters. The molecule has 2 heterocycles. The van der Waals surface area contributed by atoms with Crippen LogP contribution in [0.2, 0.25) is 0 Å². The first kappa shape index (κ1) is 9.97. The van der Waals surface area contributed by atoms with E-state index in [0.717, 1.165) is 12.2 Å². The fraction of sp³-hybridized carbons (Fsp3) is 0.750. The number of nitrogens with zero attached hydrogens (tertiary/aromatic N) is 3. The maximum Gasteiger partial charge on any atom is 0.0883 e.